The van der Waals surface area contributed by atoms with Crippen LogP contribution in [-0.2, 0) is 48.4 Å². The van der Waals surface area contributed by atoms with Crippen LogP contribution < -0.4 is 0 Å². The summed E-state index contributed by atoms with van der Waals surface area (Å²) < 4.78 is 22.9. The summed E-state index contributed by atoms with van der Waals surface area (Å²) in [5.41, 5.74) is 2.81. The third-order valence-electron chi connectivity index (χ3n) is 5.24. The van der Waals surface area contributed by atoms with Gasteiger partial charge in [0.15, 0.2) is 5.78 Å². The zero-order valence-electron chi connectivity index (χ0n) is 20.5. The smallest absolute Gasteiger partial charge is 0.330 e. The van der Waals surface area contributed by atoms with Gasteiger partial charge in [0.25, 0.3) is 0 Å². The first kappa shape index (κ1) is 27.0. The molecule has 0 saturated heterocycles. The number of benzene rings is 3. The topological polar surface area (TPSA) is 71.1 Å². The van der Waals surface area contributed by atoms with Crippen molar-refractivity contribution in [1.29, 1.82) is 0 Å². The van der Waals surface area contributed by atoms with Crippen molar-refractivity contribution in [2.45, 2.75) is 39.0 Å². The first-order valence-corrected chi connectivity index (χ1v) is 12.0. The molecule has 3 aromatic carbocycles. The van der Waals surface area contributed by atoms with Crippen LogP contribution in [0.3, 0.4) is 0 Å². The number of rotatable bonds is 15. The first-order chi connectivity index (χ1) is 17.7. The molecule has 36 heavy (non-hydrogen) atoms. The third kappa shape index (κ3) is 9.58. The van der Waals surface area contributed by atoms with Crippen LogP contribution >= 0.6 is 0 Å². The van der Waals surface area contributed by atoms with Gasteiger partial charge >= 0.3 is 5.97 Å². The van der Waals surface area contributed by atoms with E-state index in [0.717, 1.165) is 16.7 Å². The van der Waals surface area contributed by atoms with Crippen LogP contribution in [0, 0.1) is 0 Å². The molecule has 188 valence electrons. The van der Waals surface area contributed by atoms with Crippen molar-refractivity contribution in [3.05, 3.63) is 120 Å². The van der Waals surface area contributed by atoms with Crippen molar-refractivity contribution >= 4 is 11.8 Å². The molecule has 0 aliphatic heterocycles. The van der Waals surface area contributed by atoms with Crippen LogP contribution in [0.5, 0.6) is 0 Å². The van der Waals surface area contributed by atoms with E-state index in [4.69, 9.17) is 18.9 Å². The van der Waals surface area contributed by atoms with Crippen LogP contribution in [-0.4, -0.2) is 37.2 Å². The Bertz CT molecular complexity index is 1070. The second-order valence-electron chi connectivity index (χ2n) is 8.03. The lowest BCUT2D eigenvalue weighted by Crippen LogP contribution is -2.39. The Hall–Kier alpha value is -3.58. The summed E-state index contributed by atoms with van der Waals surface area (Å²) in [6, 6.07) is 28.8. The van der Waals surface area contributed by atoms with Gasteiger partial charge in [-0.15, -0.1) is 0 Å². The third-order valence-corrected chi connectivity index (χ3v) is 5.24. The number of hydrogen-bond donors (Lipinski definition) is 0. The molecule has 0 bridgehead atoms. The molecule has 0 aromatic heterocycles. The highest BCUT2D eigenvalue weighted by molar-refractivity contribution is 5.86. The molecule has 3 rings (SSSR count). The molecule has 0 aliphatic carbocycles. The molecule has 0 radical (unpaired) electrons. The average Bonchev–Trinajstić information content (AvgIpc) is 2.91. The van der Waals surface area contributed by atoms with Crippen LogP contribution in [0.15, 0.2) is 103 Å². The molecule has 0 fully saturated rings. The summed E-state index contributed by atoms with van der Waals surface area (Å²) in [7, 11) is 0. The maximum Gasteiger partial charge on any atom is 0.330 e. The molecule has 3 aromatic rings. The maximum atomic E-state index is 13.3. The maximum absolute atomic E-state index is 13.3. The molecule has 6 heteroatoms. The van der Waals surface area contributed by atoms with E-state index in [1.165, 1.54) is 12.2 Å². The van der Waals surface area contributed by atoms with Crippen LogP contribution in [0.25, 0.3) is 0 Å². The van der Waals surface area contributed by atoms with Crippen molar-refractivity contribution in [2.24, 2.45) is 0 Å². The Morgan fingerprint density at radius 2 is 1.22 bits per heavy atom. The minimum atomic E-state index is -0.990. The average molecular weight is 489 g/mol. The van der Waals surface area contributed by atoms with Gasteiger partial charge in [-0.1, -0.05) is 91.0 Å². The molecule has 6 nitrogen and oxygen atoms in total. The Labute approximate surface area is 212 Å². The molecular formula is C30H32O6. The standard InChI is InChI=1S/C30H32O6/c1-2-34-29(32)19-18-28(35-21-25-14-8-4-9-15-25)30(36-22-26-16-10-5-11-17-26)27(31)23-33-20-24-12-6-3-7-13-24/h3-19,28,30H,2,20-23H2,1H3/b19-18+/t28-,30-/m1/s1. The molecular weight excluding hydrogens is 456 g/mol. The van der Waals surface area contributed by atoms with Crippen molar-refractivity contribution in [2.75, 3.05) is 13.2 Å². The number of Topliss-reactive ketones (excluding diaryl/α,β-unsaturated/α-hetero) is 1. The first-order valence-electron chi connectivity index (χ1n) is 12.0. The highest BCUT2D eigenvalue weighted by Gasteiger charge is 2.29. The minimum absolute atomic E-state index is 0.160. The number of ether oxygens (including phenoxy) is 4. The zero-order chi connectivity index (χ0) is 25.4. The van der Waals surface area contributed by atoms with E-state index >= 15 is 0 Å². The second kappa shape index (κ2) is 15.4. The molecule has 0 spiro atoms. The molecule has 2 atom stereocenters. The molecule has 0 N–H and O–H groups in total. The van der Waals surface area contributed by atoms with Crippen molar-refractivity contribution < 1.29 is 28.5 Å². The van der Waals surface area contributed by atoms with Crippen LogP contribution in [0.1, 0.15) is 23.6 Å². The van der Waals surface area contributed by atoms with Crippen molar-refractivity contribution in [3.8, 4) is 0 Å². The Morgan fingerprint density at radius 3 is 1.75 bits per heavy atom. The summed E-state index contributed by atoms with van der Waals surface area (Å²) in [6.45, 7) is 2.56. The van der Waals surface area contributed by atoms with Gasteiger partial charge in [-0.25, -0.2) is 4.79 Å². The number of esters is 1. The molecule has 0 saturated carbocycles. The van der Waals surface area contributed by atoms with E-state index in [1.807, 2.05) is 91.0 Å². The van der Waals surface area contributed by atoms with Crippen LogP contribution in [0.2, 0.25) is 0 Å². The van der Waals surface area contributed by atoms with Gasteiger partial charge in [-0.3, -0.25) is 4.79 Å². The highest BCUT2D eigenvalue weighted by Crippen LogP contribution is 2.15. The van der Waals surface area contributed by atoms with Gasteiger partial charge in [0, 0.05) is 6.08 Å². The zero-order valence-corrected chi connectivity index (χ0v) is 20.5. The van der Waals surface area contributed by atoms with E-state index in [0.29, 0.717) is 6.61 Å². The quantitative estimate of drug-likeness (QED) is 0.220. The van der Waals surface area contributed by atoms with Crippen molar-refractivity contribution in [1.82, 2.24) is 0 Å². The van der Waals surface area contributed by atoms with E-state index in [1.54, 1.807) is 6.92 Å². The Morgan fingerprint density at radius 1 is 0.722 bits per heavy atom. The van der Waals surface area contributed by atoms with E-state index in [2.05, 4.69) is 0 Å². The number of carbonyl (C=O) groups excluding carboxylic acids is 2. The van der Waals surface area contributed by atoms with Gasteiger partial charge in [0.1, 0.15) is 18.8 Å². The highest BCUT2D eigenvalue weighted by atomic mass is 16.5. The Balaban J connectivity index is 1.75. The fraction of sp³-hybridized carbons (Fsp3) is 0.267. The summed E-state index contributed by atoms with van der Waals surface area (Å²) in [4.78, 5) is 25.3. The van der Waals surface area contributed by atoms with E-state index in [-0.39, 0.29) is 32.2 Å². The normalized spacial score (nSPS) is 12.8. The summed E-state index contributed by atoms with van der Waals surface area (Å²) in [5.74, 6) is -0.797. The lowest BCUT2D eigenvalue weighted by Gasteiger charge is -2.25. The van der Waals surface area contributed by atoms with Crippen LogP contribution in [0.4, 0.5) is 0 Å². The van der Waals surface area contributed by atoms with E-state index < -0.39 is 18.2 Å². The molecule has 0 amide bonds. The van der Waals surface area contributed by atoms with Gasteiger partial charge in [0.2, 0.25) is 0 Å². The number of hydrogen-bond acceptors (Lipinski definition) is 6. The lowest BCUT2D eigenvalue weighted by atomic mass is 10.1. The molecule has 0 heterocycles. The summed E-state index contributed by atoms with van der Waals surface area (Å²) in [5, 5.41) is 0. The SMILES string of the molecule is CCOC(=O)/C=C/[C@@H](OCc1ccccc1)[C@H](OCc1ccccc1)C(=O)COCc1ccccc1. The fourth-order valence-electron chi connectivity index (χ4n) is 3.43. The monoisotopic (exact) mass is 488 g/mol. The Kier molecular flexibility index (Phi) is 11.6. The van der Waals surface area contributed by atoms with E-state index in [9.17, 15) is 9.59 Å². The lowest BCUT2D eigenvalue weighted by molar-refractivity contribution is -0.146. The fourth-order valence-corrected chi connectivity index (χ4v) is 3.43. The van der Waals surface area contributed by atoms with Gasteiger partial charge in [-0.2, -0.15) is 0 Å². The summed E-state index contributed by atoms with van der Waals surface area (Å²) in [6.07, 6.45) is 0.975. The minimum Gasteiger partial charge on any atom is -0.463 e. The predicted octanol–water partition coefficient (Wildman–Crippen LogP) is 5.06. The molecule has 0 unspecified atom stereocenters. The largest absolute Gasteiger partial charge is 0.463 e. The second-order valence-corrected chi connectivity index (χ2v) is 8.03. The van der Waals surface area contributed by atoms with Gasteiger partial charge in [-0.05, 0) is 29.7 Å². The summed E-state index contributed by atoms with van der Waals surface area (Å²) >= 11 is 0. The number of ketones is 1. The number of carbonyl (C=O) groups is 2. The van der Waals surface area contributed by atoms with Gasteiger partial charge < -0.3 is 18.9 Å². The van der Waals surface area contributed by atoms with Crippen molar-refractivity contribution in [3.63, 3.8) is 0 Å². The predicted molar refractivity (Wildman–Crippen MR) is 137 cm³/mol. The van der Waals surface area contributed by atoms with Gasteiger partial charge in [0.05, 0.1) is 26.4 Å². The molecule has 0 aliphatic rings.